The van der Waals surface area contributed by atoms with Crippen LogP contribution in [0.3, 0.4) is 0 Å². The third kappa shape index (κ3) is 2.50. The number of carbonyl (C=O) groups is 1. The van der Waals surface area contributed by atoms with Gasteiger partial charge in [0.1, 0.15) is 0 Å². The maximum atomic E-state index is 12.0. The number of amides is 1. The first-order valence-electron chi connectivity index (χ1n) is 6.01. The van der Waals surface area contributed by atoms with E-state index in [1.54, 1.807) is 25.2 Å². The van der Waals surface area contributed by atoms with Gasteiger partial charge in [-0.2, -0.15) is 0 Å². The number of hydrogen-bond acceptors (Lipinski definition) is 4. The highest BCUT2D eigenvalue weighted by Gasteiger charge is 2.25. The molecule has 2 rings (SSSR count). The molecule has 102 valence electrons. The fourth-order valence-electron chi connectivity index (χ4n) is 2.08. The summed E-state index contributed by atoms with van der Waals surface area (Å²) in [6.07, 6.45) is 0. The van der Waals surface area contributed by atoms with Crippen molar-refractivity contribution < 1.29 is 14.3 Å². The first kappa shape index (κ1) is 13.3. The molecule has 0 unspecified atom stereocenters. The van der Waals surface area contributed by atoms with E-state index in [1.165, 1.54) is 0 Å². The van der Waals surface area contributed by atoms with Gasteiger partial charge in [-0.1, -0.05) is 12.2 Å². The molecule has 0 aliphatic carbocycles. The van der Waals surface area contributed by atoms with Gasteiger partial charge in [0.2, 0.25) is 5.91 Å². The van der Waals surface area contributed by atoms with Gasteiger partial charge < -0.3 is 19.7 Å². The van der Waals surface area contributed by atoms with Gasteiger partial charge in [0.25, 0.3) is 0 Å². The molecule has 1 heterocycles. The normalized spacial score (nSPS) is 13.6. The second-order valence-electron chi connectivity index (χ2n) is 4.51. The number of methoxy groups -OCH3 is 2. The first-order valence-corrected chi connectivity index (χ1v) is 6.01. The summed E-state index contributed by atoms with van der Waals surface area (Å²) in [6.45, 7) is 6.54. The molecule has 0 fully saturated rings. The fourth-order valence-corrected chi connectivity index (χ4v) is 2.08. The number of ether oxygens (including phenoxy) is 2. The van der Waals surface area contributed by atoms with Crippen LogP contribution >= 0.6 is 0 Å². The summed E-state index contributed by atoms with van der Waals surface area (Å²) in [5, 5.41) is 3.09. The highest BCUT2D eigenvalue weighted by molar-refractivity contribution is 6.03. The summed E-state index contributed by atoms with van der Waals surface area (Å²) in [5.41, 5.74) is 2.58. The largest absolute Gasteiger partial charge is 0.493 e. The van der Waals surface area contributed by atoms with Crippen molar-refractivity contribution in [2.24, 2.45) is 0 Å². The van der Waals surface area contributed by atoms with Gasteiger partial charge in [0, 0.05) is 18.7 Å². The Balaban J connectivity index is 2.48. The number of benzene rings is 1. The predicted octanol–water partition coefficient (Wildman–Crippen LogP) is 2.04. The van der Waals surface area contributed by atoms with Crippen LogP contribution in [0.4, 0.5) is 11.4 Å². The van der Waals surface area contributed by atoms with Gasteiger partial charge in [0.15, 0.2) is 11.5 Å². The van der Waals surface area contributed by atoms with E-state index in [4.69, 9.17) is 9.47 Å². The molecule has 5 heteroatoms. The quantitative estimate of drug-likeness (QED) is 0.844. The van der Waals surface area contributed by atoms with Crippen LogP contribution in [-0.4, -0.2) is 33.2 Å². The lowest BCUT2D eigenvalue weighted by Crippen LogP contribution is -2.40. The lowest BCUT2D eigenvalue weighted by molar-refractivity contribution is -0.117. The summed E-state index contributed by atoms with van der Waals surface area (Å²) in [7, 11) is 3.16. The van der Waals surface area contributed by atoms with Gasteiger partial charge >= 0.3 is 0 Å². The maximum Gasteiger partial charge on any atom is 0.246 e. The Bertz CT molecular complexity index is 526. The molecule has 0 aromatic heterocycles. The van der Waals surface area contributed by atoms with Crippen molar-refractivity contribution in [3.63, 3.8) is 0 Å². The second kappa shape index (κ2) is 5.22. The Kier molecular flexibility index (Phi) is 3.64. The van der Waals surface area contributed by atoms with E-state index in [0.29, 0.717) is 18.0 Å². The van der Waals surface area contributed by atoms with Crippen LogP contribution in [0.2, 0.25) is 0 Å². The molecule has 19 heavy (non-hydrogen) atoms. The summed E-state index contributed by atoms with van der Waals surface area (Å²) >= 11 is 0. The van der Waals surface area contributed by atoms with E-state index >= 15 is 0 Å². The lowest BCUT2D eigenvalue weighted by Gasteiger charge is -2.31. The number of nitrogens with one attached hydrogen (secondary N) is 1. The highest BCUT2D eigenvalue weighted by Crippen LogP contribution is 2.40. The fraction of sp³-hybridized carbons (Fsp3) is 0.357. The van der Waals surface area contributed by atoms with Crippen LogP contribution in [-0.2, 0) is 4.79 Å². The van der Waals surface area contributed by atoms with Gasteiger partial charge in [-0.05, 0) is 6.92 Å². The van der Waals surface area contributed by atoms with E-state index in [9.17, 15) is 4.79 Å². The van der Waals surface area contributed by atoms with Crippen LogP contribution in [0.5, 0.6) is 11.5 Å². The van der Waals surface area contributed by atoms with Crippen LogP contribution in [0, 0.1) is 0 Å². The van der Waals surface area contributed by atoms with Crippen molar-refractivity contribution in [2.45, 2.75) is 6.92 Å². The monoisotopic (exact) mass is 262 g/mol. The molecule has 1 aliphatic heterocycles. The molecule has 5 nitrogen and oxygen atoms in total. The average molecular weight is 262 g/mol. The number of hydrogen-bond donors (Lipinski definition) is 1. The van der Waals surface area contributed by atoms with Gasteiger partial charge in [0.05, 0.1) is 32.1 Å². The average Bonchev–Trinajstić information content (AvgIpc) is 2.40. The second-order valence-corrected chi connectivity index (χ2v) is 4.51. The van der Waals surface area contributed by atoms with Gasteiger partial charge in [-0.25, -0.2) is 0 Å². The molecule has 0 radical (unpaired) electrons. The van der Waals surface area contributed by atoms with E-state index in [-0.39, 0.29) is 12.5 Å². The SMILES string of the molecule is C=C(C)CN1C(=O)CNc2cc(OC)c(OC)cc21. The van der Waals surface area contributed by atoms with Crippen LogP contribution in [0.1, 0.15) is 6.92 Å². The number of fused-ring (bicyclic) bond motifs is 1. The molecule has 1 aromatic carbocycles. The Morgan fingerprint density at radius 2 is 2.00 bits per heavy atom. The minimum absolute atomic E-state index is 0.0164. The molecule has 0 bridgehead atoms. The number of rotatable bonds is 4. The molecule has 0 spiro atoms. The summed E-state index contributed by atoms with van der Waals surface area (Å²) in [5.74, 6) is 1.26. The molecule has 1 aromatic rings. The van der Waals surface area contributed by atoms with Crippen LogP contribution in [0.15, 0.2) is 24.3 Å². The molecular formula is C14H18N2O3. The number of nitrogens with zero attached hydrogens (tertiary/aromatic N) is 1. The Morgan fingerprint density at radius 1 is 1.37 bits per heavy atom. The minimum Gasteiger partial charge on any atom is -0.493 e. The molecular weight excluding hydrogens is 244 g/mol. The minimum atomic E-state index is 0.0164. The van der Waals surface area contributed by atoms with E-state index < -0.39 is 0 Å². The Hall–Kier alpha value is -2.17. The van der Waals surface area contributed by atoms with Crippen molar-refractivity contribution in [3.8, 4) is 11.5 Å². The van der Waals surface area contributed by atoms with Crippen molar-refractivity contribution in [2.75, 3.05) is 37.5 Å². The Morgan fingerprint density at radius 3 is 2.58 bits per heavy atom. The van der Waals surface area contributed by atoms with Crippen LogP contribution < -0.4 is 19.7 Å². The molecule has 0 atom stereocenters. The van der Waals surface area contributed by atoms with Gasteiger partial charge in [-0.3, -0.25) is 4.79 Å². The molecule has 0 saturated heterocycles. The smallest absolute Gasteiger partial charge is 0.246 e. The van der Waals surface area contributed by atoms with E-state index in [0.717, 1.165) is 16.9 Å². The lowest BCUT2D eigenvalue weighted by atomic mass is 10.1. The molecule has 1 amide bonds. The topological polar surface area (TPSA) is 50.8 Å². The molecule has 1 N–H and O–H groups in total. The predicted molar refractivity (Wildman–Crippen MR) is 75.2 cm³/mol. The van der Waals surface area contributed by atoms with Crippen molar-refractivity contribution in [1.82, 2.24) is 0 Å². The number of carbonyl (C=O) groups excluding carboxylic acids is 1. The number of anilines is 2. The third-order valence-electron chi connectivity index (χ3n) is 2.95. The molecule has 1 aliphatic rings. The van der Waals surface area contributed by atoms with Crippen molar-refractivity contribution >= 4 is 17.3 Å². The standard InChI is InChI=1S/C14H18N2O3/c1-9(2)8-16-11-6-13(19-4)12(18-3)5-10(11)15-7-14(16)17/h5-6,15H,1,7-8H2,2-4H3. The third-order valence-corrected chi connectivity index (χ3v) is 2.95. The highest BCUT2D eigenvalue weighted by atomic mass is 16.5. The zero-order valence-electron chi connectivity index (χ0n) is 11.4. The summed E-state index contributed by atoms with van der Waals surface area (Å²) in [6, 6.07) is 3.65. The Labute approximate surface area is 112 Å². The van der Waals surface area contributed by atoms with Crippen molar-refractivity contribution in [1.29, 1.82) is 0 Å². The zero-order chi connectivity index (χ0) is 14.0. The maximum absolute atomic E-state index is 12.0. The van der Waals surface area contributed by atoms with Gasteiger partial charge in [-0.15, -0.1) is 0 Å². The van der Waals surface area contributed by atoms with E-state index in [2.05, 4.69) is 11.9 Å². The zero-order valence-corrected chi connectivity index (χ0v) is 11.4. The first-order chi connectivity index (χ1) is 9.06. The molecule has 0 saturated carbocycles. The summed E-state index contributed by atoms with van der Waals surface area (Å²) < 4.78 is 10.5. The summed E-state index contributed by atoms with van der Waals surface area (Å²) in [4.78, 5) is 13.7. The van der Waals surface area contributed by atoms with E-state index in [1.807, 2.05) is 13.0 Å². The van der Waals surface area contributed by atoms with Crippen molar-refractivity contribution in [3.05, 3.63) is 24.3 Å². The van der Waals surface area contributed by atoms with Crippen LogP contribution in [0.25, 0.3) is 0 Å².